The van der Waals surface area contributed by atoms with Crippen molar-refractivity contribution < 1.29 is 9.53 Å². The molecular formula is C12H13NO2. The van der Waals surface area contributed by atoms with Crippen LogP contribution in [0.5, 0.6) is 0 Å². The average Bonchev–Trinajstić information content (AvgIpc) is 2.27. The molecule has 0 heterocycles. The van der Waals surface area contributed by atoms with E-state index < -0.39 is 0 Å². The van der Waals surface area contributed by atoms with E-state index in [0.29, 0.717) is 18.7 Å². The van der Waals surface area contributed by atoms with E-state index in [2.05, 4.69) is 11.8 Å². The first-order chi connectivity index (χ1) is 7.27. The molecule has 0 bridgehead atoms. The molecule has 0 saturated carbocycles. The van der Waals surface area contributed by atoms with E-state index in [1.807, 2.05) is 0 Å². The Kier molecular flexibility index (Phi) is 4.39. The van der Waals surface area contributed by atoms with Crippen LogP contribution in [0, 0.1) is 11.8 Å². The number of carbonyl (C=O) groups is 1. The van der Waals surface area contributed by atoms with Gasteiger partial charge in [-0.3, -0.25) is 0 Å². The van der Waals surface area contributed by atoms with Crippen LogP contribution in [0.4, 0.5) is 0 Å². The highest BCUT2D eigenvalue weighted by Crippen LogP contribution is 2.04. The maximum Gasteiger partial charge on any atom is 0.338 e. The monoisotopic (exact) mass is 203 g/mol. The highest BCUT2D eigenvalue weighted by atomic mass is 16.5. The third-order valence-electron chi connectivity index (χ3n) is 1.73. The molecule has 0 aromatic heterocycles. The van der Waals surface area contributed by atoms with Crippen LogP contribution in [0.25, 0.3) is 0 Å². The summed E-state index contributed by atoms with van der Waals surface area (Å²) < 4.78 is 4.85. The molecule has 0 spiro atoms. The number of ether oxygens (including phenoxy) is 1. The van der Waals surface area contributed by atoms with E-state index in [9.17, 15) is 4.79 Å². The standard InChI is InChI=1S/C12H13NO2/c1-2-15-12(14)11-7-5-10(6-8-11)4-3-9-13/h5-8H,2,9,13H2,1H3. The minimum Gasteiger partial charge on any atom is -0.462 e. The second-order valence-corrected chi connectivity index (χ2v) is 2.80. The van der Waals surface area contributed by atoms with Gasteiger partial charge in [0.2, 0.25) is 0 Å². The van der Waals surface area contributed by atoms with Crippen LogP contribution in [0.3, 0.4) is 0 Å². The maximum atomic E-state index is 11.3. The van der Waals surface area contributed by atoms with Gasteiger partial charge in [-0.25, -0.2) is 4.79 Å². The van der Waals surface area contributed by atoms with Gasteiger partial charge in [0.1, 0.15) is 0 Å². The fourth-order valence-corrected chi connectivity index (χ4v) is 1.06. The van der Waals surface area contributed by atoms with E-state index in [-0.39, 0.29) is 5.97 Å². The fraction of sp³-hybridized carbons (Fsp3) is 0.250. The van der Waals surface area contributed by atoms with Crippen LogP contribution in [0.15, 0.2) is 24.3 Å². The molecule has 0 aliphatic carbocycles. The van der Waals surface area contributed by atoms with Crippen molar-refractivity contribution in [3.8, 4) is 11.8 Å². The molecule has 0 amide bonds. The molecule has 78 valence electrons. The van der Waals surface area contributed by atoms with Crippen molar-refractivity contribution in [1.82, 2.24) is 0 Å². The quantitative estimate of drug-likeness (QED) is 0.580. The Morgan fingerprint density at radius 3 is 2.60 bits per heavy atom. The van der Waals surface area contributed by atoms with Gasteiger partial charge in [-0.05, 0) is 31.2 Å². The van der Waals surface area contributed by atoms with Gasteiger partial charge < -0.3 is 10.5 Å². The molecule has 0 aliphatic rings. The number of hydrogen-bond donors (Lipinski definition) is 1. The number of esters is 1. The zero-order valence-electron chi connectivity index (χ0n) is 8.62. The van der Waals surface area contributed by atoms with Crippen molar-refractivity contribution in [2.24, 2.45) is 5.73 Å². The van der Waals surface area contributed by atoms with Gasteiger partial charge in [0.25, 0.3) is 0 Å². The largest absolute Gasteiger partial charge is 0.462 e. The van der Waals surface area contributed by atoms with Crippen molar-refractivity contribution in [1.29, 1.82) is 0 Å². The van der Waals surface area contributed by atoms with Crippen LogP contribution in [0.1, 0.15) is 22.8 Å². The van der Waals surface area contributed by atoms with E-state index in [1.54, 1.807) is 31.2 Å². The van der Waals surface area contributed by atoms with Gasteiger partial charge >= 0.3 is 5.97 Å². The SMILES string of the molecule is CCOC(=O)c1ccc(C#CCN)cc1. The summed E-state index contributed by atoms with van der Waals surface area (Å²) in [5.41, 5.74) is 6.62. The second-order valence-electron chi connectivity index (χ2n) is 2.80. The Morgan fingerprint density at radius 2 is 2.07 bits per heavy atom. The first-order valence-electron chi connectivity index (χ1n) is 4.74. The summed E-state index contributed by atoms with van der Waals surface area (Å²) in [6.07, 6.45) is 0. The number of nitrogens with two attached hydrogens (primary N) is 1. The van der Waals surface area contributed by atoms with Crippen LogP contribution in [0.2, 0.25) is 0 Å². The van der Waals surface area contributed by atoms with Crippen molar-refractivity contribution >= 4 is 5.97 Å². The molecule has 3 nitrogen and oxygen atoms in total. The number of rotatable bonds is 2. The van der Waals surface area contributed by atoms with Gasteiger partial charge in [0, 0.05) is 5.56 Å². The molecule has 0 aliphatic heterocycles. The van der Waals surface area contributed by atoms with Crippen molar-refractivity contribution in [3.05, 3.63) is 35.4 Å². The molecule has 1 rings (SSSR count). The highest BCUT2D eigenvalue weighted by Gasteiger charge is 2.04. The van der Waals surface area contributed by atoms with Crippen molar-refractivity contribution in [3.63, 3.8) is 0 Å². The predicted octanol–water partition coefficient (Wildman–Crippen LogP) is 1.17. The van der Waals surface area contributed by atoms with Crippen molar-refractivity contribution in [2.45, 2.75) is 6.92 Å². The van der Waals surface area contributed by atoms with Gasteiger partial charge in [0.15, 0.2) is 0 Å². The number of benzene rings is 1. The normalized spacial score (nSPS) is 8.93. The molecule has 15 heavy (non-hydrogen) atoms. The van der Waals surface area contributed by atoms with Crippen LogP contribution in [-0.2, 0) is 4.74 Å². The smallest absolute Gasteiger partial charge is 0.338 e. The first kappa shape index (κ1) is 11.3. The average molecular weight is 203 g/mol. The van der Waals surface area contributed by atoms with E-state index in [1.165, 1.54) is 0 Å². The van der Waals surface area contributed by atoms with Crippen LogP contribution >= 0.6 is 0 Å². The summed E-state index contributed by atoms with van der Waals surface area (Å²) in [7, 11) is 0. The van der Waals surface area contributed by atoms with Gasteiger partial charge in [-0.2, -0.15) is 0 Å². The predicted molar refractivity (Wildman–Crippen MR) is 58.3 cm³/mol. The number of hydrogen-bond acceptors (Lipinski definition) is 3. The molecule has 0 fully saturated rings. The summed E-state index contributed by atoms with van der Waals surface area (Å²) in [6, 6.07) is 6.93. The maximum absolute atomic E-state index is 11.3. The van der Waals surface area contributed by atoms with Gasteiger partial charge in [-0.15, -0.1) is 0 Å². The van der Waals surface area contributed by atoms with Gasteiger partial charge in [0.05, 0.1) is 18.7 Å². The molecule has 1 aromatic carbocycles. The van der Waals surface area contributed by atoms with Crippen LogP contribution < -0.4 is 5.73 Å². The van der Waals surface area contributed by atoms with E-state index >= 15 is 0 Å². The fourth-order valence-electron chi connectivity index (χ4n) is 1.06. The minimum absolute atomic E-state index is 0.309. The lowest BCUT2D eigenvalue weighted by atomic mass is 10.1. The third kappa shape index (κ3) is 3.45. The second kappa shape index (κ2) is 5.84. The topological polar surface area (TPSA) is 52.3 Å². The Hall–Kier alpha value is -1.79. The molecule has 0 saturated heterocycles. The Bertz CT molecular complexity index is 384. The summed E-state index contributed by atoms with van der Waals surface area (Å²) in [5.74, 6) is 5.31. The summed E-state index contributed by atoms with van der Waals surface area (Å²) in [6.45, 7) is 2.49. The molecule has 1 aromatic rings. The van der Waals surface area contributed by atoms with Crippen LogP contribution in [-0.4, -0.2) is 19.1 Å². The molecule has 2 N–H and O–H groups in total. The Labute approximate surface area is 89.2 Å². The minimum atomic E-state index is -0.309. The molecule has 0 unspecified atom stereocenters. The highest BCUT2D eigenvalue weighted by molar-refractivity contribution is 5.89. The molecular weight excluding hydrogens is 190 g/mol. The molecule has 3 heteroatoms. The summed E-state index contributed by atoms with van der Waals surface area (Å²) in [5, 5.41) is 0. The summed E-state index contributed by atoms with van der Waals surface area (Å²) in [4.78, 5) is 11.3. The van der Waals surface area contributed by atoms with E-state index in [0.717, 1.165) is 5.56 Å². The molecule has 0 radical (unpaired) electrons. The van der Waals surface area contributed by atoms with Gasteiger partial charge in [-0.1, -0.05) is 11.8 Å². The lowest BCUT2D eigenvalue weighted by molar-refractivity contribution is 0.0526. The third-order valence-corrected chi connectivity index (χ3v) is 1.73. The first-order valence-corrected chi connectivity index (χ1v) is 4.74. The summed E-state index contributed by atoms with van der Waals surface area (Å²) >= 11 is 0. The van der Waals surface area contributed by atoms with Crippen molar-refractivity contribution in [2.75, 3.05) is 13.2 Å². The number of carbonyl (C=O) groups excluding carboxylic acids is 1. The zero-order valence-corrected chi connectivity index (χ0v) is 8.62. The molecule has 0 atom stereocenters. The lowest BCUT2D eigenvalue weighted by Crippen LogP contribution is -2.04. The zero-order chi connectivity index (χ0) is 11.1. The Morgan fingerprint density at radius 1 is 1.40 bits per heavy atom. The lowest BCUT2D eigenvalue weighted by Gasteiger charge is -2.00. The Balaban J connectivity index is 2.76. The van der Waals surface area contributed by atoms with E-state index in [4.69, 9.17) is 10.5 Å².